The summed E-state index contributed by atoms with van der Waals surface area (Å²) in [4.78, 5) is 12.4. The number of nitrogens with two attached hydrogens (primary N) is 1. The zero-order valence-corrected chi connectivity index (χ0v) is 15.0. The van der Waals surface area contributed by atoms with Crippen molar-refractivity contribution in [2.75, 3.05) is 13.4 Å². The first-order chi connectivity index (χ1) is 12.0. The lowest BCUT2D eigenvalue weighted by Gasteiger charge is -2.07. The molecule has 1 atom stereocenters. The van der Waals surface area contributed by atoms with Gasteiger partial charge in [-0.2, -0.15) is 0 Å². The Morgan fingerprint density at radius 3 is 2.68 bits per heavy atom. The van der Waals surface area contributed by atoms with E-state index in [1.165, 1.54) is 7.11 Å². The molecular formula is C19H19NO4S. The minimum atomic E-state index is -0.369. The van der Waals surface area contributed by atoms with E-state index in [2.05, 4.69) is 0 Å². The van der Waals surface area contributed by atoms with Gasteiger partial charge in [0.25, 0.3) is 0 Å². The van der Waals surface area contributed by atoms with Gasteiger partial charge in [-0.05, 0) is 49.1 Å². The Kier molecular flexibility index (Phi) is 4.63. The molecule has 0 radical (unpaired) electrons. The van der Waals surface area contributed by atoms with Gasteiger partial charge in [-0.15, -0.1) is 11.8 Å². The highest BCUT2D eigenvalue weighted by molar-refractivity contribution is 7.99. The van der Waals surface area contributed by atoms with Crippen molar-refractivity contribution in [1.82, 2.24) is 0 Å². The molecule has 6 heteroatoms. The van der Waals surface area contributed by atoms with Crippen LogP contribution in [0, 0.1) is 0 Å². The van der Waals surface area contributed by atoms with E-state index in [-0.39, 0.29) is 17.6 Å². The van der Waals surface area contributed by atoms with Gasteiger partial charge in [0.1, 0.15) is 11.3 Å². The largest absolute Gasteiger partial charge is 0.504 e. The van der Waals surface area contributed by atoms with E-state index in [0.717, 1.165) is 27.0 Å². The number of furan rings is 1. The molecule has 3 aromatic rings. The maximum absolute atomic E-state index is 11.5. The number of fused-ring (bicyclic) bond motifs is 1. The second kappa shape index (κ2) is 6.72. The lowest BCUT2D eigenvalue weighted by atomic mass is 9.99. The van der Waals surface area contributed by atoms with Crippen molar-refractivity contribution >= 4 is 28.6 Å². The van der Waals surface area contributed by atoms with Crippen LogP contribution in [-0.2, 0) is 4.79 Å². The van der Waals surface area contributed by atoms with Crippen LogP contribution < -0.4 is 10.5 Å². The Balaban J connectivity index is 2.18. The van der Waals surface area contributed by atoms with Gasteiger partial charge in [0.2, 0.25) is 5.91 Å². The van der Waals surface area contributed by atoms with Crippen LogP contribution in [0.5, 0.6) is 11.5 Å². The molecule has 0 saturated carbocycles. The fraction of sp³-hybridized carbons (Fsp3) is 0.211. The average molecular weight is 357 g/mol. The molecule has 2 aromatic carbocycles. The highest BCUT2D eigenvalue weighted by atomic mass is 32.2. The van der Waals surface area contributed by atoms with Gasteiger partial charge in [0, 0.05) is 10.9 Å². The van der Waals surface area contributed by atoms with Gasteiger partial charge < -0.3 is 20.0 Å². The van der Waals surface area contributed by atoms with E-state index in [4.69, 9.17) is 14.9 Å². The van der Waals surface area contributed by atoms with Crippen molar-refractivity contribution in [2.45, 2.75) is 17.7 Å². The predicted molar refractivity (Wildman–Crippen MR) is 99.3 cm³/mol. The van der Waals surface area contributed by atoms with E-state index in [1.807, 2.05) is 24.5 Å². The number of carbonyl (C=O) groups excluding carboxylic acids is 1. The lowest BCUT2D eigenvalue weighted by Crippen LogP contribution is -2.18. The molecule has 1 aromatic heterocycles. The number of rotatable bonds is 5. The normalized spacial score (nSPS) is 12.3. The number of phenols is 1. The number of aromatic hydroxyl groups is 1. The van der Waals surface area contributed by atoms with Gasteiger partial charge in [0.05, 0.1) is 17.9 Å². The molecular weight excluding hydrogens is 338 g/mol. The SMILES string of the molecule is COc1cc(-c2oc3ccc(C(C)C(N)=O)cc3c2SC)ccc1O. The molecule has 3 rings (SSSR count). The molecule has 5 nitrogen and oxygen atoms in total. The molecule has 1 unspecified atom stereocenters. The van der Waals surface area contributed by atoms with Crippen LogP contribution in [-0.4, -0.2) is 24.4 Å². The molecule has 0 spiro atoms. The number of phenolic OH excluding ortho intramolecular Hbond substituents is 1. The molecule has 0 aliphatic carbocycles. The highest BCUT2D eigenvalue weighted by Crippen LogP contribution is 2.42. The number of methoxy groups -OCH3 is 1. The van der Waals surface area contributed by atoms with Crippen LogP contribution in [0.25, 0.3) is 22.3 Å². The first kappa shape index (κ1) is 17.2. The second-order valence-corrected chi connectivity index (χ2v) is 6.55. The molecule has 130 valence electrons. The molecule has 0 aliphatic heterocycles. The predicted octanol–water partition coefficient (Wildman–Crippen LogP) is 4.12. The van der Waals surface area contributed by atoms with Crippen LogP contribution in [0.3, 0.4) is 0 Å². The Labute approximate surface area is 149 Å². The molecule has 0 bridgehead atoms. The fourth-order valence-electron chi connectivity index (χ4n) is 2.74. The van der Waals surface area contributed by atoms with Crippen LogP contribution in [0.4, 0.5) is 0 Å². The summed E-state index contributed by atoms with van der Waals surface area (Å²) in [6.07, 6.45) is 1.97. The quantitative estimate of drug-likeness (QED) is 0.671. The van der Waals surface area contributed by atoms with E-state index in [1.54, 1.807) is 36.9 Å². The Morgan fingerprint density at radius 1 is 1.28 bits per heavy atom. The number of primary amides is 1. The standard InChI is InChI=1S/C19H19NO4S/c1-10(19(20)22)11-5-7-15-13(8-11)18(25-3)17(24-15)12-4-6-14(21)16(9-12)23-2/h4-10,21H,1-3H3,(H2,20,22). The van der Waals surface area contributed by atoms with Crippen molar-refractivity contribution in [3.8, 4) is 22.8 Å². The van der Waals surface area contributed by atoms with Crippen LogP contribution in [0.15, 0.2) is 45.7 Å². The molecule has 1 heterocycles. The molecule has 0 aliphatic rings. The third-order valence-corrected chi connectivity index (χ3v) is 5.05. The van der Waals surface area contributed by atoms with Gasteiger partial charge >= 0.3 is 0 Å². The summed E-state index contributed by atoms with van der Waals surface area (Å²) in [7, 11) is 1.50. The topological polar surface area (TPSA) is 85.7 Å². The smallest absolute Gasteiger partial charge is 0.224 e. The number of amides is 1. The zero-order chi connectivity index (χ0) is 18.1. The summed E-state index contributed by atoms with van der Waals surface area (Å²) in [6, 6.07) is 10.7. The highest BCUT2D eigenvalue weighted by Gasteiger charge is 2.19. The first-order valence-electron chi connectivity index (χ1n) is 7.73. The molecule has 0 saturated heterocycles. The number of carbonyl (C=O) groups is 1. The molecule has 0 fully saturated rings. The van der Waals surface area contributed by atoms with Crippen molar-refractivity contribution in [1.29, 1.82) is 0 Å². The summed E-state index contributed by atoms with van der Waals surface area (Å²) in [5.41, 5.74) is 7.81. The maximum Gasteiger partial charge on any atom is 0.224 e. The van der Waals surface area contributed by atoms with Crippen LogP contribution >= 0.6 is 11.8 Å². The second-order valence-electron chi connectivity index (χ2n) is 5.73. The maximum atomic E-state index is 11.5. The molecule has 25 heavy (non-hydrogen) atoms. The minimum Gasteiger partial charge on any atom is -0.504 e. The van der Waals surface area contributed by atoms with E-state index >= 15 is 0 Å². The summed E-state index contributed by atoms with van der Waals surface area (Å²) in [5.74, 6) is 0.423. The number of thioether (sulfide) groups is 1. The van der Waals surface area contributed by atoms with Gasteiger partial charge in [0.15, 0.2) is 11.5 Å². The van der Waals surface area contributed by atoms with Crippen LogP contribution in [0.1, 0.15) is 18.4 Å². The van der Waals surface area contributed by atoms with Gasteiger partial charge in [-0.25, -0.2) is 0 Å². The Bertz CT molecular complexity index is 948. The number of ether oxygens (including phenoxy) is 1. The van der Waals surface area contributed by atoms with E-state index in [9.17, 15) is 9.90 Å². The zero-order valence-electron chi connectivity index (χ0n) is 14.2. The Hall–Kier alpha value is -2.60. The lowest BCUT2D eigenvalue weighted by molar-refractivity contribution is -0.119. The summed E-state index contributed by atoms with van der Waals surface area (Å²) in [5, 5.41) is 10.7. The average Bonchev–Trinajstić information content (AvgIpc) is 2.98. The third kappa shape index (κ3) is 3.05. The Morgan fingerprint density at radius 2 is 2.04 bits per heavy atom. The monoisotopic (exact) mass is 357 g/mol. The van der Waals surface area contributed by atoms with Crippen molar-refractivity contribution < 1.29 is 19.1 Å². The summed E-state index contributed by atoms with van der Waals surface area (Å²) < 4.78 is 11.2. The van der Waals surface area contributed by atoms with Crippen molar-refractivity contribution in [3.05, 3.63) is 42.0 Å². The summed E-state index contributed by atoms with van der Waals surface area (Å²) in [6.45, 7) is 1.79. The van der Waals surface area contributed by atoms with Crippen LogP contribution in [0.2, 0.25) is 0 Å². The van der Waals surface area contributed by atoms with Crippen molar-refractivity contribution in [2.24, 2.45) is 5.73 Å². The van der Waals surface area contributed by atoms with E-state index < -0.39 is 0 Å². The number of hydrogen-bond donors (Lipinski definition) is 2. The van der Waals surface area contributed by atoms with Crippen molar-refractivity contribution in [3.63, 3.8) is 0 Å². The first-order valence-corrected chi connectivity index (χ1v) is 8.95. The van der Waals surface area contributed by atoms with E-state index in [0.29, 0.717) is 11.5 Å². The molecule has 1 amide bonds. The minimum absolute atomic E-state index is 0.0747. The van der Waals surface area contributed by atoms with Gasteiger partial charge in [-0.1, -0.05) is 6.07 Å². The number of hydrogen-bond acceptors (Lipinski definition) is 5. The third-order valence-electron chi connectivity index (χ3n) is 4.24. The fourth-order valence-corrected chi connectivity index (χ4v) is 3.46. The number of benzene rings is 2. The van der Waals surface area contributed by atoms with Gasteiger partial charge in [-0.3, -0.25) is 4.79 Å². The summed E-state index contributed by atoms with van der Waals surface area (Å²) >= 11 is 1.56. The molecule has 3 N–H and O–H groups in total.